The minimum absolute atomic E-state index is 0.0418. The van der Waals surface area contributed by atoms with Gasteiger partial charge in [-0.3, -0.25) is 9.69 Å². The molecule has 0 spiro atoms. The van der Waals surface area contributed by atoms with Crippen LogP contribution in [0.3, 0.4) is 0 Å². The fraction of sp³-hybridized carbons (Fsp3) is 0.533. The Morgan fingerprint density at radius 2 is 2.33 bits per heavy atom. The van der Waals surface area contributed by atoms with Gasteiger partial charge in [0, 0.05) is 18.3 Å². The first kappa shape index (κ1) is 16.1. The lowest BCUT2D eigenvalue weighted by atomic mass is 10.2. The summed E-state index contributed by atoms with van der Waals surface area (Å²) < 4.78 is 0. The molecule has 0 aromatic heterocycles. The molecule has 0 aliphatic carbocycles. The van der Waals surface area contributed by atoms with Crippen molar-refractivity contribution in [2.75, 3.05) is 44.8 Å². The number of carbonyl (C=O) groups excluding carboxylic acids is 1. The molecule has 116 valence electrons. The molecule has 1 aliphatic rings. The third-order valence-corrected chi connectivity index (χ3v) is 4.23. The molecule has 5 nitrogen and oxygen atoms in total. The molecule has 1 unspecified atom stereocenters. The second-order valence-electron chi connectivity index (χ2n) is 5.76. The van der Waals surface area contributed by atoms with Crippen molar-refractivity contribution < 1.29 is 4.79 Å². The maximum absolute atomic E-state index is 12.0. The number of hydrogen-bond donors (Lipinski definition) is 2. The quantitative estimate of drug-likeness (QED) is 0.815. The molecule has 1 fully saturated rings. The van der Waals surface area contributed by atoms with Gasteiger partial charge in [0.2, 0.25) is 5.91 Å². The van der Waals surface area contributed by atoms with Crippen molar-refractivity contribution in [3.8, 4) is 0 Å². The molecule has 1 amide bonds. The standard InChI is InChI=1S/C15H23ClN4O/c1-19(9-12-4-3-7-20(12)2)10-15(21)18-11-5-6-13(16)14(17)8-11/h5-6,8,12H,3-4,7,9-10,17H2,1-2H3,(H,18,21). The Bertz CT molecular complexity index is 508. The van der Waals surface area contributed by atoms with Crippen LogP contribution in [0.15, 0.2) is 18.2 Å². The summed E-state index contributed by atoms with van der Waals surface area (Å²) in [5.74, 6) is -0.0418. The maximum atomic E-state index is 12.0. The molecule has 1 aromatic rings. The molecule has 2 rings (SSSR count). The average molecular weight is 311 g/mol. The third kappa shape index (κ3) is 4.59. The number of likely N-dealkylation sites (N-methyl/N-ethyl adjacent to an activating group) is 2. The molecular weight excluding hydrogens is 288 g/mol. The van der Waals surface area contributed by atoms with Crippen molar-refractivity contribution in [3.63, 3.8) is 0 Å². The average Bonchev–Trinajstić information content (AvgIpc) is 2.79. The number of anilines is 2. The van der Waals surface area contributed by atoms with Crippen LogP contribution < -0.4 is 11.1 Å². The molecule has 1 aromatic carbocycles. The minimum atomic E-state index is -0.0418. The maximum Gasteiger partial charge on any atom is 0.238 e. The van der Waals surface area contributed by atoms with Crippen molar-refractivity contribution in [2.24, 2.45) is 0 Å². The third-order valence-electron chi connectivity index (χ3n) is 3.89. The summed E-state index contributed by atoms with van der Waals surface area (Å²) in [4.78, 5) is 16.4. The van der Waals surface area contributed by atoms with E-state index >= 15 is 0 Å². The largest absolute Gasteiger partial charge is 0.397 e. The summed E-state index contributed by atoms with van der Waals surface area (Å²) in [7, 11) is 4.12. The summed E-state index contributed by atoms with van der Waals surface area (Å²) in [5, 5.41) is 3.34. The normalized spacial score (nSPS) is 19.1. The summed E-state index contributed by atoms with van der Waals surface area (Å²) in [5.41, 5.74) is 6.86. The topological polar surface area (TPSA) is 61.6 Å². The van der Waals surface area contributed by atoms with Crippen LogP contribution >= 0.6 is 11.6 Å². The molecule has 0 bridgehead atoms. The Morgan fingerprint density at radius 3 is 2.95 bits per heavy atom. The number of nitrogens with one attached hydrogen (secondary N) is 1. The number of halogens is 1. The molecule has 0 saturated carbocycles. The van der Waals surface area contributed by atoms with Crippen molar-refractivity contribution in [1.82, 2.24) is 9.80 Å². The molecule has 0 radical (unpaired) electrons. The molecule has 1 saturated heterocycles. The lowest BCUT2D eigenvalue weighted by Gasteiger charge is -2.25. The van der Waals surface area contributed by atoms with Gasteiger partial charge in [-0.05, 0) is 51.7 Å². The predicted molar refractivity (Wildman–Crippen MR) is 87.6 cm³/mol. The van der Waals surface area contributed by atoms with E-state index in [1.807, 2.05) is 7.05 Å². The van der Waals surface area contributed by atoms with Crippen LogP contribution in [0.1, 0.15) is 12.8 Å². The summed E-state index contributed by atoms with van der Waals surface area (Å²) >= 11 is 5.86. The molecule has 3 N–H and O–H groups in total. The highest BCUT2D eigenvalue weighted by Gasteiger charge is 2.22. The number of carbonyl (C=O) groups is 1. The van der Waals surface area contributed by atoms with Crippen molar-refractivity contribution in [2.45, 2.75) is 18.9 Å². The second-order valence-corrected chi connectivity index (χ2v) is 6.17. The van der Waals surface area contributed by atoms with E-state index < -0.39 is 0 Å². The van der Waals surface area contributed by atoms with Gasteiger partial charge in [-0.2, -0.15) is 0 Å². The van der Waals surface area contributed by atoms with E-state index in [0.29, 0.717) is 29.0 Å². The zero-order valence-electron chi connectivity index (χ0n) is 12.6. The molecule has 6 heteroatoms. The Balaban J connectivity index is 1.81. The zero-order chi connectivity index (χ0) is 15.4. The van der Waals surface area contributed by atoms with Gasteiger partial charge in [0.15, 0.2) is 0 Å². The Hall–Kier alpha value is -1.30. The van der Waals surface area contributed by atoms with Crippen LogP contribution in [0.4, 0.5) is 11.4 Å². The highest BCUT2D eigenvalue weighted by molar-refractivity contribution is 6.33. The zero-order valence-corrected chi connectivity index (χ0v) is 13.4. The first-order valence-corrected chi connectivity index (χ1v) is 7.57. The minimum Gasteiger partial charge on any atom is -0.397 e. The number of nitrogen functional groups attached to an aromatic ring is 1. The highest BCUT2D eigenvalue weighted by Crippen LogP contribution is 2.22. The summed E-state index contributed by atoms with van der Waals surface area (Å²) in [6.07, 6.45) is 2.45. The first-order valence-electron chi connectivity index (χ1n) is 7.19. The smallest absolute Gasteiger partial charge is 0.238 e. The van der Waals surface area contributed by atoms with Gasteiger partial charge in [0.1, 0.15) is 0 Å². The van der Waals surface area contributed by atoms with E-state index in [1.165, 1.54) is 12.8 Å². The Morgan fingerprint density at radius 1 is 1.57 bits per heavy atom. The Labute approximate surface area is 131 Å². The van der Waals surface area contributed by atoms with Gasteiger partial charge < -0.3 is 16.0 Å². The van der Waals surface area contributed by atoms with Crippen LogP contribution in [-0.2, 0) is 4.79 Å². The van der Waals surface area contributed by atoms with Gasteiger partial charge in [0.05, 0.1) is 17.3 Å². The number of nitrogens with zero attached hydrogens (tertiary/aromatic N) is 2. The van der Waals surface area contributed by atoms with E-state index in [0.717, 1.165) is 13.1 Å². The molecule has 1 heterocycles. The lowest BCUT2D eigenvalue weighted by Crippen LogP contribution is -2.40. The number of hydrogen-bond acceptors (Lipinski definition) is 4. The number of rotatable bonds is 5. The monoisotopic (exact) mass is 310 g/mol. The van der Waals surface area contributed by atoms with E-state index in [-0.39, 0.29) is 5.91 Å². The van der Waals surface area contributed by atoms with E-state index in [2.05, 4.69) is 22.2 Å². The van der Waals surface area contributed by atoms with Gasteiger partial charge in [-0.25, -0.2) is 0 Å². The van der Waals surface area contributed by atoms with Gasteiger partial charge >= 0.3 is 0 Å². The second kappa shape index (κ2) is 7.11. The highest BCUT2D eigenvalue weighted by atomic mass is 35.5. The SMILES string of the molecule is CN(CC(=O)Nc1ccc(Cl)c(N)c1)CC1CCCN1C. The van der Waals surface area contributed by atoms with Gasteiger partial charge in [-0.1, -0.05) is 11.6 Å². The summed E-state index contributed by atoms with van der Waals surface area (Å²) in [6.45, 7) is 2.42. The number of amides is 1. The number of nitrogens with two attached hydrogens (primary N) is 1. The van der Waals surface area contributed by atoms with Gasteiger partial charge in [-0.15, -0.1) is 0 Å². The fourth-order valence-corrected chi connectivity index (χ4v) is 2.82. The Kier molecular flexibility index (Phi) is 5.45. The first-order chi connectivity index (χ1) is 9.95. The van der Waals surface area contributed by atoms with Crippen molar-refractivity contribution >= 4 is 28.9 Å². The molecule has 1 atom stereocenters. The molecular formula is C15H23ClN4O. The van der Waals surface area contributed by atoms with Crippen LogP contribution in [0.5, 0.6) is 0 Å². The lowest BCUT2D eigenvalue weighted by molar-refractivity contribution is -0.117. The van der Waals surface area contributed by atoms with E-state index in [4.69, 9.17) is 17.3 Å². The number of benzene rings is 1. The number of likely N-dealkylation sites (tertiary alicyclic amines) is 1. The van der Waals surface area contributed by atoms with Crippen molar-refractivity contribution in [3.05, 3.63) is 23.2 Å². The van der Waals surface area contributed by atoms with Crippen LogP contribution in [0.25, 0.3) is 0 Å². The molecule has 21 heavy (non-hydrogen) atoms. The van der Waals surface area contributed by atoms with Crippen LogP contribution in [0, 0.1) is 0 Å². The predicted octanol–water partition coefficient (Wildman–Crippen LogP) is 1.89. The molecule has 1 aliphatic heterocycles. The van der Waals surface area contributed by atoms with E-state index in [1.54, 1.807) is 18.2 Å². The fourth-order valence-electron chi connectivity index (χ4n) is 2.70. The van der Waals surface area contributed by atoms with Crippen LogP contribution in [-0.4, -0.2) is 55.5 Å². The summed E-state index contributed by atoms with van der Waals surface area (Å²) in [6, 6.07) is 5.66. The van der Waals surface area contributed by atoms with Crippen LogP contribution in [0.2, 0.25) is 5.02 Å². The van der Waals surface area contributed by atoms with E-state index in [9.17, 15) is 4.79 Å². The van der Waals surface area contributed by atoms with Crippen molar-refractivity contribution in [1.29, 1.82) is 0 Å². The van der Waals surface area contributed by atoms with Gasteiger partial charge in [0.25, 0.3) is 0 Å².